The maximum Gasteiger partial charge on any atom is 0.292 e. The molecule has 4 heterocycles. The average molecular weight is 460 g/mol. The van der Waals surface area contributed by atoms with E-state index >= 15 is 0 Å². The molecule has 142 valence electrons. The van der Waals surface area contributed by atoms with Crippen molar-refractivity contribution >= 4 is 39.0 Å². The highest BCUT2D eigenvalue weighted by Gasteiger charge is 2.18. The molecule has 8 nitrogen and oxygen atoms in total. The summed E-state index contributed by atoms with van der Waals surface area (Å²) < 4.78 is 7.16. The molecular weight excluding hydrogens is 446 g/mol. The predicted octanol–water partition coefficient (Wildman–Crippen LogP) is 3.85. The van der Waals surface area contributed by atoms with Crippen LogP contribution >= 0.6 is 27.3 Å². The summed E-state index contributed by atoms with van der Waals surface area (Å²) in [5.74, 6) is 0.278. The lowest BCUT2D eigenvalue weighted by Gasteiger charge is -2.07. The highest BCUT2D eigenvalue weighted by molar-refractivity contribution is 9.10. The average Bonchev–Trinajstić information content (AvgIpc) is 3.41. The number of amides is 1. The van der Waals surface area contributed by atoms with Crippen LogP contribution in [-0.4, -0.2) is 25.7 Å². The molecular formula is C18H14BrN5O3S. The number of nitrogens with zero attached hydrogens (tertiary/aromatic N) is 3. The fraction of sp³-hybridized carbons (Fsp3) is 0.111. The molecule has 0 spiro atoms. The Morgan fingerprint density at radius 1 is 1.36 bits per heavy atom. The third kappa shape index (κ3) is 3.69. The molecule has 0 aliphatic rings. The van der Waals surface area contributed by atoms with Crippen LogP contribution < -0.4 is 10.9 Å². The lowest BCUT2D eigenvalue weighted by atomic mass is 10.3. The summed E-state index contributed by atoms with van der Waals surface area (Å²) in [5.41, 5.74) is 0.983. The van der Waals surface area contributed by atoms with Gasteiger partial charge in [0.1, 0.15) is 11.5 Å². The minimum atomic E-state index is -0.446. The van der Waals surface area contributed by atoms with Gasteiger partial charge in [-0.2, -0.15) is 9.78 Å². The molecule has 0 fully saturated rings. The molecule has 4 aromatic heterocycles. The van der Waals surface area contributed by atoms with Crippen molar-refractivity contribution in [3.63, 3.8) is 0 Å². The van der Waals surface area contributed by atoms with Crippen LogP contribution in [0.25, 0.3) is 16.5 Å². The van der Waals surface area contributed by atoms with Gasteiger partial charge in [0.05, 0.1) is 4.88 Å². The van der Waals surface area contributed by atoms with Crippen LogP contribution in [-0.2, 0) is 6.42 Å². The van der Waals surface area contributed by atoms with E-state index < -0.39 is 5.91 Å². The third-order valence-electron chi connectivity index (χ3n) is 3.87. The number of hydrogen-bond donors (Lipinski definition) is 2. The first-order valence-corrected chi connectivity index (χ1v) is 10.0. The number of carbonyl (C=O) groups is 1. The molecule has 28 heavy (non-hydrogen) atoms. The predicted molar refractivity (Wildman–Crippen MR) is 109 cm³/mol. The van der Waals surface area contributed by atoms with E-state index in [1.165, 1.54) is 22.1 Å². The molecule has 0 aliphatic heterocycles. The van der Waals surface area contributed by atoms with Gasteiger partial charge < -0.3 is 9.73 Å². The summed E-state index contributed by atoms with van der Waals surface area (Å²) in [4.78, 5) is 32.6. The van der Waals surface area contributed by atoms with E-state index in [-0.39, 0.29) is 17.3 Å². The van der Waals surface area contributed by atoms with Crippen molar-refractivity contribution in [2.75, 3.05) is 5.32 Å². The van der Waals surface area contributed by atoms with E-state index in [1.807, 2.05) is 24.4 Å². The second-order valence-electron chi connectivity index (χ2n) is 5.78. The van der Waals surface area contributed by atoms with Crippen molar-refractivity contribution in [1.29, 1.82) is 0 Å². The zero-order valence-corrected chi connectivity index (χ0v) is 17.0. The molecule has 4 rings (SSSR count). The van der Waals surface area contributed by atoms with Gasteiger partial charge in [-0.15, -0.1) is 11.3 Å². The van der Waals surface area contributed by atoms with Gasteiger partial charge in [0.2, 0.25) is 5.95 Å². The molecule has 4 aromatic rings. The summed E-state index contributed by atoms with van der Waals surface area (Å²) in [6.45, 7) is 1.91. The first kappa shape index (κ1) is 18.4. The van der Waals surface area contributed by atoms with Crippen molar-refractivity contribution in [3.8, 4) is 16.5 Å². The van der Waals surface area contributed by atoms with Gasteiger partial charge in [-0.05, 0) is 45.9 Å². The molecule has 0 saturated heterocycles. The van der Waals surface area contributed by atoms with E-state index in [4.69, 9.17) is 4.42 Å². The molecule has 0 radical (unpaired) electrons. The normalized spacial score (nSPS) is 10.9. The molecule has 0 bridgehead atoms. The van der Waals surface area contributed by atoms with Crippen molar-refractivity contribution < 1.29 is 9.21 Å². The van der Waals surface area contributed by atoms with Crippen LogP contribution in [0.5, 0.6) is 0 Å². The maximum absolute atomic E-state index is 12.5. The summed E-state index contributed by atoms with van der Waals surface area (Å²) in [5, 5.41) is 9.23. The van der Waals surface area contributed by atoms with Crippen molar-refractivity contribution in [2.45, 2.75) is 13.3 Å². The highest BCUT2D eigenvalue weighted by Crippen LogP contribution is 2.27. The van der Waals surface area contributed by atoms with Crippen LogP contribution in [0.2, 0.25) is 0 Å². The van der Waals surface area contributed by atoms with E-state index in [1.54, 1.807) is 18.2 Å². The highest BCUT2D eigenvalue weighted by atomic mass is 79.9. The van der Waals surface area contributed by atoms with E-state index in [9.17, 15) is 9.59 Å². The molecule has 0 aliphatic carbocycles. The van der Waals surface area contributed by atoms with Crippen LogP contribution in [0.1, 0.15) is 23.2 Å². The standard InChI is InChI=1S/C18H14BrN5O3S/c1-2-10-8-16(25)22-18(20-10)24-15(9-11(23-24)13-4-3-7-28-13)21-17(26)12-5-6-14(19)27-12/h3-9H,2H2,1H3,(H,21,26)(H,20,22,25). The van der Waals surface area contributed by atoms with Gasteiger partial charge in [-0.25, -0.2) is 4.98 Å². The van der Waals surface area contributed by atoms with E-state index in [0.717, 1.165) is 4.88 Å². The minimum Gasteiger partial charge on any atom is -0.444 e. The molecule has 10 heteroatoms. The largest absolute Gasteiger partial charge is 0.444 e. The second kappa shape index (κ2) is 7.56. The first-order chi connectivity index (χ1) is 13.5. The number of halogens is 1. The SMILES string of the molecule is CCc1cc(=O)[nH]c(-n2nc(-c3cccs3)cc2NC(=O)c2ccc(Br)o2)n1. The smallest absolute Gasteiger partial charge is 0.292 e. The van der Waals surface area contributed by atoms with Gasteiger partial charge in [-0.1, -0.05) is 13.0 Å². The topological polar surface area (TPSA) is 106 Å². The summed E-state index contributed by atoms with van der Waals surface area (Å²) >= 11 is 4.70. The number of nitrogens with one attached hydrogen (secondary N) is 2. The number of aromatic amines is 1. The van der Waals surface area contributed by atoms with Crippen molar-refractivity contribution in [3.05, 3.63) is 68.3 Å². The quantitative estimate of drug-likeness (QED) is 0.471. The molecule has 0 unspecified atom stereocenters. The fourth-order valence-corrected chi connectivity index (χ4v) is 3.55. The number of thiophene rings is 1. The van der Waals surface area contributed by atoms with Crippen LogP contribution in [0.3, 0.4) is 0 Å². The lowest BCUT2D eigenvalue weighted by Crippen LogP contribution is -2.19. The summed E-state index contributed by atoms with van der Waals surface area (Å²) in [6.07, 6.45) is 0.595. The van der Waals surface area contributed by atoms with E-state index in [0.29, 0.717) is 28.3 Å². The number of aryl methyl sites for hydroxylation is 1. The Morgan fingerprint density at radius 3 is 2.89 bits per heavy atom. The Morgan fingerprint density at radius 2 is 2.21 bits per heavy atom. The summed E-state index contributed by atoms with van der Waals surface area (Å²) in [7, 11) is 0. The Balaban J connectivity index is 1.79. The fourth-order valence-electron chi connectivity index (χ4n) is 2.57. The monoisotopic (exact) mass is 459 g/mol. The molecule has 0 saturated carbocycles. The third-order valence-corrected chi connectivity index (χ3v) is 5.19. The van der Waals surface area contributed by atoms with Gasteiger partial charge in [0.25, 0.3) is 11.5 Å². The number of rotatable bonds is 5. The molecule has 0 atom stereocenters. The Hall–Kier alpha value is -2.98. The number of hydrogen-bond acceptors (Lipinski definition) is 6. The Bertz CT molecular complexity index is 1190. The van der Waals surface area contributed by atoms with Gasteiger partial charge in [0.15, 0.2) is 10.4 Å². The number of anilines is 1. The number of carbonyl (C=O) groups excluding carboxylic acids is 1. The van der Waals surface area contributed by atoms with Gasteiger partial charge in [-0.3, -0.25) is 14.6 Å². The molecule has 2 N–H and O–H groups in total. The van der Waals surface area contributed by atoms with Crippen molar-refractivity contribution in [2.24, 2.45) is 0 Å². The Labute approximate surface area is 171 Å². The van der Waals surface area contributed by atoms with Crippen LogP contribution in [0, 0.1) is 0 Å². The zero-order valence-electron chi connectivity index (χ0n) is 14.6. The number of H-pyrrole nitrogens is 1. The first-order valence-electron chi connectivity index (χ1n) is 8.34. The second-order valence-corrected chi connectivity index (χ2v) is 7.50. The van der Waals surface area contributed by atoms with Gasteiger partial charge >= 0.3 is 0 Å². The number of aromatic nitrogens is 4. The lowest BCUT2D eigenvalue weighted by molar-refractivity contribution is 0.0994. The molecule has 1 amide bonds. The number of furan rings is 1. The van der Waals surface area contributed by atoms with Crippen molar-refractivity contribution in [1.82, 2.24) is 19.7 Å². The molecule has 0 aromatic carbocycles. The maximum atomic E-state index is 12.5. The van der Waals surface area contributed by atoms with Crippen LogP contribution in [0.15, 0.2) is 55.7 Å². The minimum absolute atomic E-state index is 0.140. The summed E-state index contributed by atoms with van der Waals surface area (Å²) in [6, 6.07) is 10.2. The van der Waals surface area contributed by atoms with Crippen LogP contribution in [0.4, 0.5) is 5.82 Å². The Kier molecular flexibility index (Phi) is 4.97. The van der Waals surface area contributed by atoms with E-state index in [2.05, 4.69) is 36.3 Å². The zero-order chi connectivity index (χ0) is 19.7. The van der Waals surface area contributed by atoms with Gasteiger partial charge in [0, 0.05) is 17.8 Å².